The molecule has 1 amide bonds. The number of hydrogen-bond donors (Lipinski definition) is 0. The molecule has 0 radical (unpaired) electrons. The lowest BCUT2D eigenvalue weighted by atomic mass is 9.89. The highest BCUT2D eigenvalue weighted by Crippen LogP contribution is 2.36. The zero-order valence-electron chi connectivity index (χ0n) is 20.0. The van der Waals surface area contributed by atoms with E-state index in [1.807, 2.05) is 49.2 Å². The summed E-state index contributed by atoms with van der Waals surface area (Å²) < 4.78 is 23.7. The molecule has 0 spiro atoms. The molecule has 33 heavy (non-hydrogen) atoms. The number of nitrogens with zero attached hydrogens (tertiary/aromatic N) is 2. The second kappa shape index (κ2) is 9.75. The Balaban J connectivity index is 1.37. The fourth-order valence-corrected chi connectivity index (χ4v) is 5.25. The van der Waals surface area contributed by atoms with E-state index >= 15 is 0 Å². The predicted octanol–water partition coefficient (Wildman–Crippen LogP) is 4.39. The molecule has 0 bridgehead atoms. The molecule has 0 N–H and O–H groups in total. The first-order valence-corrected chi connectivity index (χ1v) is 14.2. The van der Waals surface area contributed by atoms with Gasteiger partial charge >= 0.3 is 6.09 Å². The minimum atomic E-state index is -1.93. The number of fused-ring (bicyclic) bond motifs is 1. The highest BCUT2D eigenvalue weighted by molar-refractivity contribution is 8.00. The number of carbonyl (C=O) groups is 1. The second-order valence-electron chi connectivity index (χ2n) is 9.51. The molecule has 0 saturated carbocycles. The van der Waals surface area contributed by atoms with Gasteiger partial charge in [-0.25, -0.2) is 4.79 Å². The first kappa shape index (κ1) is 23.6. The zero-order valence-corrected chi connectivity index (χ0v) is 20.8. The number of aromatic nitrogens is 1. The van der Waals surface area contributed by atoms with Gasteiger partial charge in [0, 0.05) is 43.1 Å². The van der Waals surface area contributed by atoms with Gasteiger partial charge < -0.3 is 14.4 Å². The summed E-state index contributed by atoms with van der Waals surface area (Å²) in [5.74, 6) is 1.28. The van der Waals surface area contributed by atoms with E-state index in [9.17, 15) is 9.00 Å². The molecule has 7 heteroatoms. The molecule has 3 heterocycles. The molecular weight excluding hydrogens is 436 g/mol. The van der Waals surface area contributed by atoms with Crippen molar-refractivity contribution < 1.29 is 18.5 Å². The summed E-state index contributed by atoms with van der Waals surface area (Å²) in [7, 11) is -1.93. The summed E-state index contributed by atoms with van der Waals surface area (Å²) in [5, 5.41) is 1.81. The molecule has 2 aliphatic rings. The molecule has 2 aliphatic heterocycles. The third-order valence-electron chi connectivity index (χ3n) is 6.47. The smallest absolute Gasteiger partial charge is 0.410 e. The topological polar surface area (TPSA) is 68.7 Å². The maximum atomic E-state index is 12.3. The summed E-state index contributed by atoms with van der Waals surface area (Å²) in [6, 6.07) is 10.1. The van der Waals surface area contributed by atoms with Gasteiger partial charge in [0.25, 0.3) is 0 Å². The van der Waals surface area contributed by atoms with Gasteiger partial charge in [0.05, 0.1) is 11.9 Å². The highest BCUT2D eigenvalue weighted by atomic mass is 32.2. The average Bonchev–Trinajstić information content (AvgIpc) is 3.22. The fraction of sp³-hybridized carbons (Fsp3) is 0.500. The number of rotatable bonds is 5. The lowest BCUT2D eigenvalue weighted by Crippen LogP contribution is -2.43. The van der Waals surface area contributed by atoms with Crippen molar-refractivity contribution in [2.24, 2.45) is 5.92 Å². The van der Waals surface area contributed by atoms with E-state index < -0.39 is 9.52 Å². The Morgan fingerprint density at radius 2 is 1.97 bits per heavy atom. The van der Waals surface area contributed by atoms with Crippen LogP contribution in [-0.2, 0) is 20.7 Å². The Bertz CT molecular complexity index is 1110. The van der Waals surface area contributed by atoms with Gasteiger partial charge in [-0.2, -0.15) is 0 Å². The van der Waals surface area contributed by atoms with Gasteiger partial charge in [-0.1, -0.05) is 31.2 Å². The number of pyridine rings is 1. The van der Waals surface area contributed by atoms with Crippen LogP contribution in [0.15, 0.2) is 36.5 Å². The quantitative estimate of drug-likeness (QED) is 0.606. The SMILES string of the molecule is CCC(C)OC(=O)N1CCC(C2Cc3cc(-c4ccc(C=S(C)(C)=O)cc4)ncc3O2)CC1. The van der Waals surface area contributed by atoms with Crippen LogP contribution in [0.3, 0.4) is 0 Å². The molecule has 0 aliphatic carbocycles. The standard InChI is InChI=1S/C26H34N2O4S/c1-5-18(2)31-26(29)28-12-10-21(11-13-28)24-15-22-14-23(27-16-25(22)32-24)20-8-6-19(7-9-20)17-33(3,4)30/h6-9,14,16-18,21,24H,5,10-13,15H2,1-4H3. The van der Waals surface area contributed by atoms with Crippen molar-refractivity contribution >= 4 is 21.0 Å². The van der Waals surface area contributed by atoms with E-state index in [0.717, 1.165) is 48.3 Å². The van der Waals surface area contributed by atoms with Crippen molar-refractivity contribution in [3.05, 3.63) is 47.7 Å². The number of amides is 1. The predicted molar refractivity (Wildman–Crippen MR) is 133 cm³/mol. The zero-order chi connectivity index (χ0) is 23.6. The van der Waals surface area contributed by atoms with Gasteiger partial charge in [-0.05, 0) is 58.6 Å². The third kappa shape index (κ3) is 5.88. The van der Waals surface area contributed by atoms with Crippen molar-refractivity contribution in [1.29, 1.82) is 0 Å². The maximum absolute atomic E-state index is 12.3. The van der Waals surface area contributed by atoms with Crippen LogP contribution in [0.4, 0.5) is 4.79 Å². The molecule has 4 rings (SSSR count). The second-order valence-corrected chi connectivity index (χ2v) is 12.4. The van der Waals surface area contributed by atoms with Gasteiger partial charge in [-0.15, -0.1) is 0 Å². The fourth-order valence-electron chi connectivity index (χ4n) is 4.44. The molecule has 6 nitrogen and oxygen atoms in total. The minimum absolute atomic E-state index is 0.0430. The lowest BCUT2D eigenvalue weighted by molar-refractivity contribution is 0.0449. The van der Waals surface area contributed by atoms with E-state index in [1.54, 1.807) is 17.9 Å². The number of piperidine rings is 1. The summed E-state index contributed by atoms with van der Waals surface area (Å²) in [6.07, 6.45) is 8.73. The first-order valence-electron chi connectivity index (χ1n) is 11.7. The third-order valence-corrected chi connectivity index (χ3v) is 7.31. The van der Waals surface area contributed by atoms with Crippen molar-refractivity contribution in [2.75, 3.05) is 25.6 Å². The van der Waals surface area contributed by atoms with Gasteiger partial charge in [0.1, 0.15) is 18.0 Å². The Labute approximate surface area is 197 Å². The molecular formula is C26H34N2O4S. The molecule has 1 aromatic heterocycles. The van der Waals surface area contributed by atoms with E-state index in [-0.39, 0.29) is 18.3 Å². The van der Waals surface area contributed by atoms with Crippen LogP contribution < -0.4 is 4.74 Å². The lowest BCUT2D eigenvalue weighted by Gasteiger charge is -2.34. The van der Waals surface area contributed by atoms with E-state index in [1.165, 1.54) is 5.56 Å². The summed E-state index contributed by atoms with van der Waals surface area (Å²) in [4.78, 5) is 18.7. The Kier molecular flexibility index (Phi) is 6.98. The Morgan fingerprint density at radius 1 is 1.27 bits per heavy atom. The largest absolute Gasteiger partial charge is 0.488 e. The number of likely N-dealkylation sites (tertiary alicyclic amines) is 1. The summed E-state index contributed by atoms with van der Waals surface area (Å²) in [5.41, 5.74) is 4.09. The van der Waals surface area contributed by atoms with Gasteiger partial charge in [0.15, 0.2) is 0 Å². The van der Waals surface area contributed by atoms with Crippen LogP contribution >= 0.6 is 0 Å². The molecule has 1 aromatic carbocycles. The van der Waals surface area contributed by atoms with Crippen molar-refractivity contribution in [3.8, 4) is 17.0 Å². The van der Waals surface area contributed by atoms with Crippen LogP contribution in [0.1, 0.15) is 44.2 Å². The van der Waals surface area contributed by atoms with Crippen molar-refractivity contribution in [1.82, 2.24) is 9.88 Å². The van der Waals surface area contributed by atoms with Crippen LogP contribution in [0.5, 0.6) is 5.75 Å². The molecule has 2 atom stereocenters. The van der Waals surface area contributed by atoms with Gasteiger partial charge in [0.2, 0.25) is 0 Å². The van der Waals surface area contributed by atoms with E-state index in [4.69, 9.17) is 9.47 Å². The number of ether oxygens (including phenoxy) is 2. The maximum Gasteiger partial charge on any atom is 0.410 e. The average molecular weight is 471 g/mol. The highest BCUT2D eigenvalue weighted by Gasteiger charge is 2.34. The van der Waals surface area contributed by atoms with Crippen molar-refractivity contribution in [2.45, 2.75) is 51.7 Å². The number of carbonyl (C=O) groups excluding carboxylic acids is 1. The van der Waals surface area contributed by atoms with E-state index in [0.29, 0.717) is 19.0 Å². The molecule has 1 fully saturated rings. The molecule has 178 valence electrons. The van der Waals surface area contributed by atoms with Gasteiger partial charge in [-0.3, -0.25) is 9.19 Å². The summed E-state index contributed by atoms with van der Waals surface area (Å²) >= 11 is 0. The van der Waals surface area contributed by atoms with Crippen LogP contribution in [-0.4, -0.2) is 63.4 Å². The van der Waals surface area contributed by atoms with E-state index in [2.05, 4.69) is 11.1 Å². The normalized spacial score (nSPS) is 19.5. The van der Waals surface area contributed by atoms with Crippen LogP contribution in [0, 0.1) is 5.92 Å². The Hall–Kier alpha value is -2.54. The minimum Gasteiger partial charge on any atom is -0.488 e. The van der Waals surface area contributed by atoms with Crippen LogP contribution in [0.2, 0.25) is 0 Å². The number of hydrogen-bond acceptors (Lipinski definition) is 5. The number of benzene rings is 1. The van der Waals surface area contributed by atoms with Crippen LogP contribution in [0.25, 0.3) is 11.3 Å². The first-order chi connectivity index (χ1) is 15.7. The molecule has 2 aromatic rings. The monoisotopic (exact) mass is 470 g/mol. The molecule has 1 saturated heterocycles. The molecule has 2 unspecified atom stereocenters. The van der Waals surface area contributed by atoms with Crippen molar-refractivity contribution in [3.63, 3.8) is 0 Å². The summed E-state index contributed by atoms with van der Waals surface area (Å²) in [6.45, 7) is 5.37. The Morgan fingerprint density at radius 3 is 2.61 bits per heavy atom.